The minimum Gasteiger partial charge on any atom is -0.352 e. The molecule has 6 heteroatoms. The van der Waals surface area contributed by atoms with Crippen molar-refractivity contribution in [3.8, 4) is 0 Å². The number of hydrogen-bond acceptors (Lipinski definition) is 3. The molecule has 2 atom stereocenters. The molecule has 2 amide bonds. The highest BCUT2D eigenvalue weighted by Crippen LogP contribution is 2.28. The van der Waals surface area contributed by atoms with Gasteiger partial charge in [-0.3, -0.25) is 9.59 Å². The Balaban J connectivity index is 1.71. The van der Waals surface area contributed by atoms with E-state index in [1.54, 1.807) is 25.1 Å². The van der Waals surface area contributed by atoms with Crippen molar-refractivity contribution >= 4 is 29.1 Å². The van der Waals surface area contributed by atoms with Crippen LogP contribution in [0.3, 0.4) is 0 Å². The molecule has 1 saturated carbocycles. The van der Waals surface area contributed by atoms with Crippen LogP contribution in [0.15, 0.2) is 48.5 Å². The van der Waals surface area contributed by atoms with Crippen LogP contribution in [-0.2, 0) is 4.79 Å². The highest BCUT2D eigenvalue weighted by Gasteiger charge is 2.25. The van der Waals surface area contributed by atoms with Crippen LogP contribution in [0.1, 0.15) is 41.7 Å². The average molecular weight is 386 g/mol. The zero-order valence-electron chi connectivity index (χ0n) is 15.2. The number of anilines is 1. The lowest BCUT2D eigenvalue weighted by atomic mass is 9.94. The van der Waals surface area contributed by atoms with Crippen molar-refractivity contribution in [2.45, 2.75) is 25.8 Å². The third kappa shape index (κ3) is 5.08. The van der Waals surface area contributed by atoms with Crippen LogP contribution in [0.25, 0.3) is 0 Å². The molecule has 2 aromatic carbocycles. The van der Waals surface area contributed by atoms with E-state index in [0.717, 1.165) is 18.4 Å². The van der Waals surface area contributed by atoms with Crippen molar-refractivity contribution in [2.75, 3.05) is 11.9 Å². The van der Waals surface area contributed by atoms with Crippen molar-refractivity contribution < 1.29 is 9.59 Å². The average Bonchev–Trinajstić information content (AvgIpc) is 3.51. The van der Waals surface area contributed by atoms with Gasteiger partial charge in [0.05, 0.1) is 17.2 Å². The minimum atomic E-state index is -0.467. The van der Waals surface area contributed by atoms with Gasteiger partial charge in [0.1, 0.15) is 0 Å². The van der Waals surface area contributed by atoms with Gasteiger partial charge < -0.3 is 16.4 Å². The molecule has 0 saturated heterocycles. The monoisotopic (exact) mass is 385 g/mol. The fourth-order valence-corrected chi connectivity index (χ4v) is 3.01. The Morgan fingerprint density at radius 1 is 1.19 bits per heavy atom. The Labute approximate surface area is 164 Å². The van der Waals surface area contributed by atoms with Crippen molar-refractivity contribution in [1.82, 2.24) is 5.32 Å². The molecule has 0 radical (unpaired) electrons. The van der Waals surface area contributed by atoms with Gasteiger partial charge in [0.15, 0.2) is 0 Å². The Morgan fingerprint density at radius 2 is 1.89 bits per heavy atom. The number of rotatable bonds is 7. The maximum absolute atomic E-state index is 12.7. The number of amides is 2. The van der Waals surface area contributed by atoms with Crippen LogP contribution < -0.4 is 16.4 Å². The summed E-state index contributed by atoms with van der Waals surface area (Å²) in [4.78, 5) is 25.2. The van der Waals surface area contributed by atoms with E-state index in [1.165, 1.54) is 0 Å². The lowest BCUT2D eigenvalue weighted by Crippen LogP contribution is -2.32. The van der Waals surface area contributed by atoms with Crippen LogP contribution in [0.2, 0.25) is 5.02 Å². The summed E-state index contributed by atoms with van der Waals surface area (Å²) >= 11 is 6.05. The summed E-state index contributed by atoms with van der Waals surface area (Å²) in [6.45, 7) is 2.42. The van der Waals surface area contributed by atoms with Crippen LogP contribution >= 0.6 is 11.6 Å². The number of nitrogens with one attached hydrogen (secondary N) is 2. The van der Waals surface area contributed by atoms with Gasteiger partial charge in [0.2, 0.25) is 5.91 Å². The minimum absolute atomic E-state index is 0.236. The second kappa shape index (κ2) is 8.55. The van der Waals surface area contributed by atoms with E-state index in [9.17, 15) is 9.59 Å². The van der Waals surface area contributed by atoms with Gasteiger partial charge in [-0.1, -0.05) is 48.9 Å². The predicted octanol–water partition coefficient (Wildman–Crippen LogP) is 3.75. The molecule has 0 bridgehead atoms. The molecule has 2 aromatic rings. The Bertz CT molecular complexity index is 821. The standard InChI is InChI=1S/C21H24ClN3O2/c1-13(19(23)15-5-3-2-4-6-15)20(26)25-18-10-9-16(22)11-17(18)21(27)24-12-14-7-8-14/h2-6,9-11,13-14,19H,7-8,12,23H2,1H3,(H,24,27)(H,25,26). The molecule has 1 fully saturated rings. The van der Waals surface area contributed by atoms with E-state index >= 15 is 0 Å². The lowest BCUT2D eigenvalue weighted by molar-refractivity contribution is -0.120. The molecule has 1 aliphatic carbocycles. The number of carbonyl (C=O) groups is 2. The normalized spacial score (nSPS) is 15.7. The third-order valence-corrected chi connectivity index (χ3v) is 5.10. The third-order valence-electron chi connectivity index (χ3n) is 4.87. The zero-order valence-corrected chi connectivity index (χ0v) is 16.0. The first-order chi connectivity index (χ1) is 13.0. The number of halogens is 1. The number of benzene rings is 2. The molecular weight excluding hydrogens is 362 g/mol. The molecule has 0 spiro atoms. The number of hydrogen-bond donors (Lipinski definition) is 3. The molecular formula is C21H24ClN3O2. The van der Waals surface area contributed by atoms with E-state index in [2.05, 4.69) is 10.6 Å². The van der Waals surface area contributed by atoms with E-state index in [-0.39, 0.29) is 11.8 Å². The highest BCUT2D eigenvalue weighted by molar-refractivity contribution is 6.31. The highest BCUT2D eigenvalue weighted by atomic mass is 35.5. The molecule has 0 heterocycles. The first kappa shape index (κ1) is 19.4. The molecule has 27 heavy (non-hydrogen) atoms. The number of carbonyl (C=O) groups excluding carboxylic acids is 2. The largest absolute Gasteiger partial charge is 0.352 e. The zero-order chi connectivity index (χ0) is 19.4. The van der Waals surface area contributed by atoms with Crippen molar-refractivity contribution in [3.05, 3.63) is 64.7 Å². The lowest BCUT2D eigenvalue weighted by Gasteiger charge is -2.21. The molecule has 142 valence electrons. The fraction of sp³-hybridized carbons (Fsp3) is 0.333. The smallest absolute Gasteiger partial charge is 0.253 e. The van der Waals surface area contributed by atoms with Gasteiger partial charge in [-0.05, 0) is 42.5 Å². The summed E-state index contributed by atoms with van der Waals surface area (Å²) in [5.74, 6) is -0.384. The summed E-state index contributed by atoms with van der Waals surface area (Å²) in [5.41, 5.74) is 7.92. The van der Waals surface area contributed by atoms with Gasteiger partial charge in [-0.25, -0.2) is 0 Å². The maximum Gasteiger partial charge on any atom is 0.253 e. The molecule has 3 rings (SSSR count). The summed E-state index contributed by atoms with van der Waals surface area (Å²) in [6, 6.07) is 13.9. The topological polar surface area (TPSA) is 84.2 Å². The second-order valence-electron chi connectivity index (χ2n) is 7.06. The Morgan fingerprint density at radius 3 is 2.56 bits per heavy atom. The van der Waals surface area contributed by atoms with Crippen LogP contribution in [0, 0.1) is 11.8 Å². The van der Waals surface area contributed by atoms with Crippen molar-refractivity contribution in [3.63, 3.8) is 0 Å². The van der Waals surface area contributed by atoms with E-state index in [4.69, 9.17) is 17.3 Å². The van der Waals surface area contributed by atoms with Gasteiger partial charge in [0, 0.05) is 17.6 Å². The summed E-state index contributed by atoms with van der Waals surface area (Å²) in [6.07, 6.45) is 2.29. The van der Waals surface area contributed by atoms with E-state index in [0.29, 0.717) is 28.7 Å². The molecule has 5 nitrogen and oxygen atoms in total. The number of nitrogens with two attached hydrogens (primary N) is 1. The van der Waals surface area contributed by atoms with Crippen molar-refractivity contribution in [2.24, 2.45) is 17.6 Å². The predicted molar refractivity (Wildman–Crippen MR) is 108 cm³/mol. The van der Waals surface area contributed by atoms with Gasteiger partial charge in [0.25, 0.3) is 5.91 Å². The van der Waals surface area contributed by atoms with Crippen LogP contribution in [0.5, 0.6) is 0 Å². The first-order valence-electron chi connectivity index (χ1n) is 9.15. The summed E-state index contributed by atoms with van der Waals surface area (Å²) in [5, 5.41) is 6.18. The summed E-state index contributed by atoms with van der Waals surface area (Å²) < 4.78 is 0. The molecule has 1 aliphatic rings. The van der Waals surface area contributed by atoms with E-state index in [1.807, 2.05) is 30.3 Å². The van der Waals surface area contributed by atoms with Gasteiger partial charge >= 0.3 is 0 Å². The Hall–Kier alpha value is -2.37. The molecule has 0 aromatic heterocycles. The van der Waals surface area contributed by atoms with Gasteiger partial charge in [-0.15, -0.1) is 0 Å². The van der Waals surface area contributed by atoms with Crippen LogP contribution in [0.4, 0.5) is 5.69 Å². The molecule has 0 aliphatic heterocycles. The van der Waals surface area contributed by atoms with Crippen molar-refractivity contribution in [1.29, 1.82) is 0 Å². The van der Waals surface area contributed by atoms with E-state index < -0.39 is 12.0 Å². The first-order valence-corrected chi connectivity index (χ1v) is 9.52. The SMILES string of the molecule is CC(C(=O)Nc1ccc(Cl)cc1C(=O)NCC1CC1)C(N)c1ccccc1. The fourth-order valence-electron chi connectivity index (χ4n) is 2.84. The van der Waals surface area contributed by atoms with Gasteiger partial charge in [-0.2, -0.15) is 0 Å². The maximum atomic E-state index is 12.7. The molecule has 2 unspecified atom stereocenters. The summed E-state index contributed by atoms with van der Waals surface area (Å²) in [7, 11) is 0. The van der Waals surface area contributed by atoms with Crippen LogP contribution in [-0.4, -0.2) is 18.4 Å². The second-order valence-corrected chi connectivity index (χ2v) is 7.49. The molecule has 4 N–H and O–H groups in total. The Kier molecular flexibility index (Phi) is 6.14. The quantitative estimate of drug-likeness (QED) is 0.678.